The molecule has 3 rings (SSSR count). The summed E-state index contributed by atoms with van der Waals surface area (Å²) in [4.78, 5) is 23.0. The molecule has 0 radical (unpaired) electrons. The lowest BCUT2D eigenvalue weighted by Gasteiger charge is -2.32. The number of likely N-dealkylation sites (tertiary alicyclic amines) is 1. The molecule has 1 unspecified atom stereocenters. The second kappa shape index (κ2) is 7.79. The molecule has 0 spiro atoms. The number of piperidine rings is 1. The third-order valence-corrected chi connectivity index (χ3v) is 5.51. The predicted molar refractivity (Wildman–Crippen MR) is 95.0 cm³/mol. The molecule has 24 heavy (non-hydrogen) atoms. The van der Waals surface area contributed by atoms with Crippen LogP contribution < -0.4 is 5.32 Å². The van der Waals surface area contributed by atoms with Crippen LogP contribution >= 0.6 is 11.3 Å². The molecule has 2 aromatic rings. The minimum atomic E-state index is 0.0180. The van der Waals surface area contributed by atoms with Crippen LogP contribution in [0.3, 0.4) is 0 Å². The Morgan fingerprint density at radius 3 is 3.08 bits per heavy atom. The van der Waals surface area contributed by atoms with Crippen LogP contribution in [0.2, 0.25) is 0 Å². The van der Waals surface area contributed by atoms with E-state index in [4.69, 9.17) is 0 Å². The van der Waals surface area contributed by atoms with Crippen molar-refractivity contribution in [2.24, 2.45) is 5.92 Å². The van der Waals surface area contributed by atoms with Crippen LogP contribution in [-0.2, 0) is 13.1 Å². The van der Waals surface area contributed by atoms with Crippen LogP contribution in [0.5, 0.6) is 0 Å². The van der Waals surface area contributed by atoms with Crippen molar-refractivity contribution < 1.29 is 4.79 Å². The third-order valence-electron chi connectivity index (χ3n) is 4.32. The Balaban J connectivity index is 1.48. The SMILES string of the molecule is CC(C)c1nc(CNC(=O)N2CCCC(Cn3ccnc3)C2)cs1. The van der Waals surface area contributed by atoms with Crippen LogP contribution in [0.15, 0.2) is 24.1 Å². The second-order valence-corrected chi connectivity index (χ2v) is 7.59. The highest BCUT2D eigenvalue weighted by molar-refractivity contribution is 7.09. The van der Waals surface area contributed by atoms with Gasteiger partial charge in [0.2, 0.25) is 0 Å². The fourth-order valence-electron chi connectivity index (χ4n) is 3.04. The normalized spacial score (nSPS) is 18.1. The molecule has 1 N–H and O–H groups in total. The largest absolute Gasteiger partial charge is 0.337 e. The maximum Gasteiger partial charge on any atom is 0.317 e. The van der Waals surface area contributed by atoms with Crippen LogP contribution in [0.4, 0.5) is 4.79 Å². The fourth-order valence-corrected chi connectivity index (χ4v) is 3.87. The van der Waals surface area contributed by atoms with Gasteiger partial charge >= 0.3 is 6.03 Å². The summed E-state index contributed by atoms with van der Waals surface area (Å²) in [6.45, 7) is 7.34. The van der Waals surface area contributed by atoms with E-state index in [1.165, 1.54) is 0 Å². The number of thiazole rings is 1. The average Bonchev–Trinajstić information content (AvgIpc) is 3.24. The molecule has 3 heterocycles. The molecule has 0 aromatic carbocycles. The number of hydrogen-bond acceptors (Lipinski definition) is 4. The minimum Gasteiger partial charge on any atom is -0.337 e. The third kappa shape index (κ3) is 4.35. The topological polar surface area (TPSA) is 63.1 Å². The Hall–Kier alpha value is -1.89. The van der Waals surface area contributed by atoms with Crippen LogP contribution in [0.1, 0.15) is 43.3 Å². The molecule has 1 saturated heterocycles. The molecular weight excluding hydrogens is 322 g/mol. The molecule has 1 aliphatic rings. The molecule has 0 bridgehead atoms. The van der Waals surface area contributed by atoms with E-state index in [9.17, 15) is 4.79 Å². The number of carbonyl (C=O) groups excluding carboxylic acids is 1. The van der Waals surface area contributed by atoms with E-state index in [1.807, 2.05) is 22.8 Å². The summed E-state index contributed by atoms with van der Waals surface area (Å²) in [7, 11) is 0. The quantitative estimate of drug-likeness (QED) is 0.904. The van der Waals surface area contributed by atoms with Gasteiger partial charge in [0.05, 0.1) is 23.6 Å². The summed E-state index contributed by atoms with van der Waals surface area (Å²) in [5.41, 5.74) is 0.948. The van der Waals surface area contributed by atoms with Crippen molar-refractivity contribution in [1.82, 2.24) is 24.8 Å². The number of aromatic nitrogens is 3. The second-order valence-electron chi connectivity index (χ2n) is 6.70. The van der Waals surface area contributed by atoms with E-state index in [0.717, 1.165) is 43.2 Å². The van der Waals surface area contributed by atoms with E-state index in [0.29, 0.717) is 18.4 Å². The van der Waals surface area contributed by atoms with Gasteiger partial charge in [0, 0.05) is 43.3 Å². The average molecular weight is 347 g/mol. The van der Waals surface area contributed by atoms with E-state index < -0.39 is 0 Å². The summed E-state index contributed by atoms with van der Waals surface area (Å²) in [6, 6.07) is 0.0180. The van der Waals surface area contributed by atoms with Gasteiger partial charge in [0.1, 0.15) is 0 Å². The van der Waals surface area contributed by atoms with Gasteiger partial charge in [-0.1, -0.05) is 13.8 Å². The van der Waals surface area contributed by atoms with E-state index in [2.05, 4.69) is 33.7 Å². The Morgan fingerprint density at radius 1 is 1.50 bits per heavy atom. The van der Waals surface area contributed by atoms with Crippen LogP contribution in [0, 0.1) is 5.92 Å². The highest BCUT2D eigenvalue weighted by Gasteiger charge is 2.23. The van der Waals surface area contributed by atoms with Crippen molar-refractivity contribution in [3.05, 3.63) is 34.8 Å². The minimum absolute atomic E-state index is 0.0180. The Kier molecular flexibility index (Phi) is 5.50. The van der Waals surface area contributed by atoms with Crippen molar-refractivity contribution in [2.45, 2.75) is 45.7 Å². The maximum absolute atomic E-state index is 12.4. The Labute approximate surface area is 146 Å². The molecule has 6 nitrogen and oxygen atoms in total. The number of amides is 2. The lowest BCUT2D eigenvalue weighted by atomic mass is 9.98. The molecule has 1 atom stereocenters. The van der Waals surface area contributed by atoms with E-state index in [1.54, 1.807) is 17.5 Å². The van der Waals surface area contributed by atoms with Crippen molar-refractivity contribution in [3.63, 3.8) is 0 Å². The smallest absolute Gasteiger partial charge is 0.317 e. The van der Waals surface area contributed by atoms with Crippen molar-refractivity contribution in [3.8, 4) is 0 Å². The Morgan fingerprint density at radius 2 is 2.38 bits per heavy atom. The predicted octanol–water partition coefficient (Wildman–Crippen LogP) is 3.08. The fraction of sp³-hybridized carbons (Fsp3) is 0.588. The first-order chi connectivity index (χ1) is 11.6. The van der Waals surface area contributed by atoms with Gasteiger partial charge in [-0.3, -0.25) is 0 Å². The zero-order valence-electron chi connectivity index (χ0n) is 14.3. The first kappa shape index (κ1) is 17.0. The van der Waals surface area contributed by atoms with E-state index >= 15 is 0 Å². The maximum atomic E-state index is 12.4. The monoisotopic (exact) mass is 347 g/mol. The van der Waals surface area contributed by atoms with Crippen LogP contribution in [0.25, 0.3) is 0 Å². The number of carbonyl (C=O) groups is 1. The molecule has 1 aliphatic heterocycles. The molecule has 130 valence electrons. The number of hydrogen-bond donors (Lipinski definition) is 1. The standard InChI is InChI=1S/C17H25N5OS/c1-13(2)16-20-15(11-24-16)8-19-17(23)22-6-3-4-14(10-22)9-21-7-5-18-12-21/h5,7,11-14H,3-4,6,8-10H2,1-2H3,(H,19,23). The molecular formula is C17H25N5OS. The van der Waals surface area contributed by atoms with Crippen molar-refractivity contribution in [2.75, 3.05) is 13.1 Å². The number of nitrogens with one attached hydrogen (secondary N) is 1. The Bertz CT molecular complexity index is 652. The zero-order chi connectivity index (χ0) is 16.9. The summed E-state index contributed by atoms with van der Waals surface area (Å²) < 4.78 is 2.09. The summed E-state index contributed by atoms with van der Waals surface area (Å²) in [5, 5.41) is 6.17. The number of rotatable bonds is 5. The van der Waals surface area contributed by atoms with Gasteiger partial charge < -0.3 is 14.8 Å². The summed E-state index contributed by atoms with van der Waals surface area (Å²) in [5.74, 6) is 0.927. The van der Waals surface area contributed by atoms with Gasteiger partial charge in [-0.25, -0.2) is 14.8 Å². The van der Waals surface area contributed by atoms with Gasteiger partial charge in [0.15, 0.2) is 0 Å². The van der Waals surface area contributed by atoms with E-state index in [-0.39, 0.29) is 6.03 Å². The highest BCUT2D eigenvalue weighted by Crippen LogP contribution is 2.20. The lowest BCUT2D eigenvalue weighted by Crippen LogP contribution is -2.46. The molecule has 2 aromatic heterocycles. The van der Waals surface area contributed by atoms with Gasteiger partial charge in [0.25, 0.3) is 0 Å². The van der Waals surface area contributed by atoms with Crippen LogP contribution in [-0.4, -0.2) is 38.6 Å². The first-order valence-corrected chi connectivity index (χ1v) is 9.42. The van der Waals surface area contributed by atoms with Gasteiger partial charge in [-0.15, -0.1) is 11.3 Å². The zero-order valence-corrected chi connectivity index (χ0v) is 15.1. The van der Waals surface area contributed by atoms with Gasteiger partial charge in [-0.05, 0) is 18.8 Å². The highest BCUT2D eigenvalue weighted by atomic mass is 32.1. The molecule has 0 aliphatic carbocycles. The number of imidazole rings is 1. The molecule has 7 heteroatoms. The number of nitrogens with zero attached hydrogens (tertiary/aromatic N) is 4. The molecule has 0 saturated carbocycles. The van der Waals surface area contributed by atoms with Crippen molar-refractivity contribution in [1.29, 1.82) is 0 Å². The summed E-state index contributed by atoms with van der Waals surface area (Å²) in [6.07, 6.45) is 7.83. The number of urea groups is 1. The molecule has 1 fully saturated rings. The van der Waals surface area contributed by atoms with Crippen molar-refractivity contribution >= 4 is 17.4 Å². The molecule has 2 amide bonds. The lowest BCUT2D eigenvalue weighted by molar-refractivity contribution is 0.159. The van der Waals surface area contributed by atoms with Gasteiger partial charge in [-0.2, -0.15) is 0 Å². The summed E-state index contributed by atoms with van der Waals surface area (Å²) >= 11 is 1.66. The first-order valence-electron chi connectivity index (χ1n) is 8.54.